The third-order valence-electron chi connectivity index (χ3n) is 3.53. The number of rotatable bonds is 8. The summed E-state index contributed by atoms with van der Waals surface area (Å²) in [5, 5.41) is 21.7. The minimum atomic E-state index is -0.518. The van der Waals surface area contributed by atoms with Crippen molar-refractivity contribution in [1.29, 1.82) is 0 Å². The molecule has 3 aromatic rings. The number of hydrogen-bond donors (Lipinski definition) is 1. The standard InChI is InChI=1S/C18H16N4O5S/c1-2-26-15-10-6-4-8-13(15)19-16(23)11-28-18-21-20-17(27-18)12-7-3-5-9-14(12)22(24)25/h3-10H,2,11H2,1H3,(H,19,23). The van der Waals surface area contributed by atoms with Gasteiger partial charge in [0.2, 0.25) is 5.91 Å². The lowest BCUT2D eigenvalue weighted by Crippen LogP contribution is -2.14. The second-order valence-corrected chi connectivity index (χ2v) is 6.34. The number of benzene rings is 2. The molecule has 1 amide bonds. The first-order valence-corrected chi connectivity index (χ1v) is 9.28. The Kier molecular flexibility index (Phi) is 6.22. The zero-order valence-corrected chi connectivity index (χ0v) is 15.6. The van der Waals surface area contributed by atoms with Crippen LogP contribution in [-0.2, 0) is 4.79 Å². The Morgan fingerprint density at radius 1 is 1.21 bits per heavy atom. The van der Waals surface area contributed by atoms with E-state index in [2.05, 4.69) is 15.5 Å². The van der Waals surface area contributed by atoms with E-state index in [-0.39, 0.29) is 34.0 Å². The third kappa shape index (κ3) is 4.65. The van der Waals surface area contributed by atoms with Crippen LogP contribution in [0.5, 0.6) is 5.75 Å². The van der Waals surface area contributed by atoms with Gasteiger partial charge in [0.25, 0.3) is 16.8 Å². The van der Waals surface area contributed by atoms with Crippen molar-refractivity contribution in [3.8, 4) is 17.2 Å². The number of nitrogens with one attached hydrogen (secondary N) is 1. The van der Waals surface area contributed by atoms with Crippen molar-refractivity contribution in [2.24, 2.45) is 0 Å². The number of carbonyl (C=O) groups is 1. The summed E-state index contributed by atoms with van der Waals surface area (Å²) in [6, 6.07) is 13.2. The highest BCUT2D eigenvalue weighted by molar-refractivity contribution is 7.99. The number of nitro groups is 1. The smallest absolute Gasteiger partial charge is 0.282 e. The van der Waals surface area contributed by atoms with Crippen LogP contribution in [0.15, 0.2) is 58.2 Å². The largest absolute Gasteiger partial charge is 0.492 e. The maximum Gasteiger partial charge on any atom is 0.282 e. The molecule has 1 aromatic heterocycles. The van der Waals surface area contributed by atoms with Gasteiger partial charge in [-0.1, -0.05) is 36.0 Å². The van der Waals surface area contributed by atoms with Crippen molar-refractivity contribution in [3.05, 3.63) is 58.6 Å². The first kappa shape index (κ1) is 19.4. The van der Waals surface area contributed by atoms with Gasteiger partial charge in [-0.05, 0) is 25.1 Å². The number of thioether (sulfide) groups is 1. The summed E-state index contributed by atoms with van der Waals surface area (Å²) in [5.41, 5.74) is 0.663. The van der Waals surface area contributed by atoms with E-state index in [1.165, 1.54) is 12.1 Å². The molecule has 28 heavy (non-hydrogen) atoms. The maximum absolute atomic E-state index is 12.2. The topological polar surface area (TPSA) is 120 Å². The highest BCUT2D eigenvalue weighted by Crippen LogP contribution is 2.30. The van der Waals surface area contributed by atoms with Crippen LogP contribution in [0.4, 0.5) is 11.4 Å². The van der Waals surface area contributed by atoms with Gasteiger partial charge in [0.15, 0.2) is 0 Å². The summed E-state index contributed by atoms with van der Waals surface area (Å²) in [4.78, 5) is 22.8. The van der Waals surface area contributed by atoms with Gasteiger partial charge in [0, 0.05) is 6.07 Å². The molecule has 0 unspecified atom stereocenters. The molecule has 1 heterocycles. The molecule has 0 aliphatic rings. The number of aromatic nitrogens is 2. The minimum Gasteiger partial charge on any atom is -0.492 e. The fourth-order valence-electron chi connectivity index (χ4n) is 2.36. The monoisotopic (exact) mass is 400 g/mol. The summed E-state index contributed by atoms with van der Waals surface area (Å²) in [7, 11) is 0. The number of carbonyl (C=O) groups excluding carboxylic acids is 1. The highest BCUT2D eigenvalue weighted by atomic mass is 32.2. The Morgan fingerprint density at radius 3 is 2.75 bits per heavy atom. The van der Waals surface area contributed by atoms with Gasteiger partial charge in [-0.15, -0.1) is 10.2 Å². The van der Waals surface area contributed by atoms with Gasteiger partial charge in [-0.2, -0.15) is 0 Å². The Bertz CT molecular complexity index is 991. The van der Waals surface area contributed by atoms with Gasteiger partial charge < -0.3 is 14.5 Å². The number of ether oxygens (including phenoxy) is 1. The predicted octanol–water partition coefficient (Wildman–Crippen LogP) is 3.77. The fraction of sp³-hybridized carbons (Fsp3) is 0.167. The second-order valence-electron chi connectivity index (χ2n) is 5.41. The molecule has 0 bridgehead atoms. The molecule has 0 radical (unpaired) electrons. The molecule has 10 heteroatoms. The summed E-state index contributed by atoms with van der Waals surface area (Å²) >= 11 is 1.03. The van der Waals surface area contributed by atoms with Crippen LogP contribution in [0.1, 0.15) is 6.92 Å². The Balaban J connectivity index is 1.64. The Labute approximate surface area is 164 Å². The predicted molar refractivity (Wildman–Crippen MR) is 103 cm³/mol. The Hall–Kier alpha value is -3.40. The molecule has 0 aliphatic heterocycles. The van der Waals surface area contributed by atoms with Crippen LogP contribution < -0.4 is 10.1 Å². The number of para-hydroxylation sites is 3. The summed E-state index contributed by atoms with van der Waals surface area (Å²) in [6.07, 6.45) is 0. The van der Waals surface area contributed by atoms with E-state index in [0.29, 0.717) is 18.0 Å². The molecule has 0 saturated carbocycles. The lowest BCUT2D eigenvalue weighted by molar-refractivity contribution is -0.384. The quantitative estimate of drug-likeness (QED) is 0.345. The number of nitro benzene ring substituents is 1. The van der Waals surface area contributed by atoms with E-state index in [0.717, 1.165) is 11.8 Å². The summed E-state index contributed by atoms with van der Waals surface area (Å²) in [6.45, 7) is 2.34. The van der Waals surface area contributed by atoms with Gasteiger partial charge in [0.1, 0.15) is 11.3 Å². The van der Waals surface area contributed by atoms with Crippen molar-refractivity contribution in [2.75, 3.05) is 17.7 Å². The van der Waals surface area contributed by atoms with E-state index in [1.807, 2.05) is 13.0 Å². The van der Waals surface area contributed by atoms with E-state index < -0.39 is 4.92 Å². The van der Waals surface area contributed by atoms with Gasteiger partial charge in [-0.3, -0.25) is 14.9 Å². The average molecular weight is 400 g/mol. The number of amides is 1. The lowest BCUT2D eigenvalue weighted by Gasteiger charge is -2.10. The zero-order valence-electron chi connectivity index (χ0n) is 14.8. The SMILES string of the molecule is CCOc1ccccc1NC(=O)CSc1nnc(-c2ccccc2[N+](=O)[O-])o1. The molecular weight excluding hydrogens is 384 g/mol. The van der Waals surface area contributed by atoms with Crippen molar-refractivity contribution in [1.82, 2.24) is 10.2 Å². The Morgan fingerprint density at radius 2 is 1.96 bits per heavy atom. The molecule has 9 nitrogen and oxygen atoms in total. The van der Waals surface area contributed by atoms with Crippen LogP contribution in [0.3, 0.4) is 0 Å². The maximum atomic E-state index is 12.2. The molecule has 0 spiro atoms. The number of anilines is 1. The van der Waals surface area contributed by atoms with E-state index in [9.17, 15) is 14.9 Å². The molecule has 0 aliphatic carbocycles. The number of hydrogen-bond acceptors (Lipinski definition) is 8. The first-order valence-electron chi connectivity index (χ1n) is 8.30. The molecule has 144 valence electrons. The third-order valence-corrected chi connectivity index (χ3v) is 4.34. The van der Waals surface area contributed by atoms with Gasteiger partial charge in [0.05, 0.1) is 23.0 Å². The van der Waals surface area contributed by atoms with Crippen molar-refractivity contribution >= 4 is 29.0 Å². The van der Waals surface area contributed by atoms with E-state index in [1.54, 1.807) is 30.3 Å². The van der Waals surface area contributed by atoms with Gasteiger partial charge in [-0.25, -0.2) is 0 Å². The molecule has 0 fully saturated rings. The molecular formula is C18H16N4O5S. The van der Waals surface area contributed by atoms with E-state index in [4.69, 9.17) is 9.15 Å². The van der Waals surface area contributed by atoms with Crippen LogP contribution >= 0.6 is 11.8 Å². The first-order chi connectivity index (χ1) is 13.6. The van der Waals surface area contributed by atoms with Crippen molar-refractivity contribution < 1.29 is 18.9 Å². The molecule has 2 aromatic carbocycles. The van der Waals surface area contributed by atoms with Crippen LogP contribution in [-0.4, -0.2) is 33.4 Å². The second kappa shape index (κ2) is 9.00. The molecule has 0 saturated heterocycles. The zero-order chi connectivity index (χ0) is 19.9. The lowest BCUT2D eigenvalue weighted by atomic mass is 10.2. The summed E-state index contributed by atoms with van der Waals surface area (Å²) < 4.78 is 10.9. The van der Waals surface area contributed by atoms with Crippen molar-refractivity contribution in [2.45, 2.75) is 12.1 Å². The molecule has 1 N–H and O–H groups in total. The van der Waals surface area contributed by atoms with Crippen LogP contribution in [0, 0.1) is 10.1 Å². The molecule has 0 atom stereocenters. The van der Waals surface area contributed by atoms with Crippen molar-refractivity contribution in [3.63, 3.8) is 0 Å². The van der Waals surface area contributed by atoms with Gasteiger partial charge >= 0.3 is 0 Å². The average Bonchev–Trinajstić information content (AvgIpc) is 3.17. The summed E-state index contributed by atoms with van der Waals surface area (Å²) in [5.74, 6) is 0.359. The fourth-order valence-corrected chi connectivity index (χ4v) is 2.92. The van der Waals surface area contributed by atoms with Crippen LogP contribution in [0.25, 0.3) is 11.5 Å². The normalized spacial score (nSPS) is 10.5. The highest BCUT2D eigenvalue weighted by Gasteiger charge is 2.20. The van der Waals surface area contributed by atoms with Crippen LogP contribution in [0.2, 0.25) is 0 Å². The number of nitrogens with zero attached hydrogens (tertiary/aromatic N) is 3. The molecule has 3 rings (SSSR count). The minimum absolute atomic E-state index is 0.0249. The van der Waals surface area contributed by atoms with E-state index >= 15 is 0 Å².